The van der Waals surface area contributed by atoms with Crippen LogP contribution in [-0.2, 0) is 16.1 Å². The molecule has 0 bridgehead atoms. The standard InChI is InChI=1S/C18H24N2O3/c1-18(2)11-13(8-10-23-18)19-17(21)12-20-9-7-14-15(20)5-4-6-16(14)22-3/h4-7,9,13H,8,10-12H2,1-3H3,(H,19,21). The summed E-state index contributed by atoms with van der Waals surface area (Å²) in [7, 11) is 1.66. The highest BCUT2D eigenvalue weighted by Crippen LogP contribution is 2.26. The van der Waals surface area contributed by atoms with Gasteiger partial charge in [-0.3, -0.25) is 4.79 Å². The molecule has 1 saturated heterocycles. The number of methoxy groups -OCH3 is 1. The normalized spacial score (nSPS) is 20.4. The quantitative estimate of drug-likeness (QED) is 0.943. The highest BCUT2D eigenvalue weighted by atomic mass is 16.5. The molecule has 0 radical (unpaired) electrons. The zero-order valence-electron chi connectivity index (χ0n) is 14.0. The van der Waals surface area contributed by atoms with Gasteiger partial charge in [0.1, 0.15) is 12.3 Å². The van der Waals surface area contributed by atoms with Crippen LogP contribution in [0.1, 0.15) is 26.7 Å². The van der Waals surface area contributed by atoms with Gasteiger partial charge in [-0.25, -0.2) is 0 Å². The van der Waals surface area contributed by atoms with Gasteiger partial charge in [0.15, 0.2) is 0 Å². The van der Waals surface area contributed by atoms with Crippen molar-refractivity contribution in [3.05, 3.63) is 30.5 Å². The van der Waals surface area contributed by atoms with Crippen LogP contribution in [-0.4, -0.2) is 35.8 Å². The summed E-state index contributed by atoms with van der Waals surface area (Å²) in [6.07, 6.45) is 3.65. The third-order valence-electron chi connectivity index (χ3n) is 4.37. The van der Waals surface area contributed by atoms with Crippen LogP contribution in [0.25, 0.3) is 10.9 Å². The van der Waals surface area contributed by atoms with Crippen LogP contribution in [0, 0.1) is 0 Å². The fraction of sp³-hybridized carbons (Fsp3) is 0.500. The third-order valence-corrected chi connectivity index (χ3v) is 4.37. The van der Waals surface area contributed by atoms with Crippen LogP contribution >= 0.6 is 0 Å². The van der Waals surface area contributed by atoms with Crippen LogP contribution < -0.4 is 10.1 Å². The molecule has 0 aliphatic carbocycles. The van der Waals surface area contributed by atoms with Gasteiger partial charge in [0.05, 0.1) is 18.2 Å². The van der Waals surface area contributed by atoms with Gasteiger partial charge >= 0.3 is 0 Å². The summed E-state index contributed by atoms with van der Waals surface area (Å²) in [6.45, 7) is 5.14. The van der Waals surface area contributed by atoms with Crippen LogP contribution in [0.3, 0.4) is 0 Å². The van der Waals surface area contributed by atoms with E-state index in [2.05, 4.69) is 19.2 Å². The molecule has 0 saturated carbocycles. The number of amides is 1. The van der Waals surface area contributed by atoms with E-state index in [0.717, 1.165) is 29.5 Å². The van der Waals surface area contributed by atoms with Gasteiger partial charge in [0.2, 0.25) is 5.91 Å². The fourth-order valence-electron chi connectivity index (χ4n) is 3.29. The van der Waals surface area contributed by atoms with E-state index in [0.29, 0.717) is 13.2 Å². The molecule has 1 aromatic heterocycles. The minimum atomic E-state index is -0.163. The molecule has 1 aliphatic rings. The summed E-state index contributed by atoms with van der Waals surface area (Å²) in [5.74, 6) is 0.862. The fourth-order valence-corrected chi connectivity index (χ4v) is 3.29. The SMILES string of the molecule is COc1cccc2c1ccn2CC(=O)NC1CCOC(C)(C)C1. The Morgan fingerprint density at radius 3 is 3.00 bits per heavy atom. The highest BCUT2D eigenvalue weighted by molar-refractivity contribution is 5.88. The zero-order chi connectivity index (χ0) is 16.4. The molecule has 3 rings (SSSR count). The molecule has 0 spiro atoms. The van der Waals surface area contributed by atoms with Crippen molar-refractivity contribution in [1.82, 2.24) is 9.88 Å². The van der Waals surface area contributed by atoms with Crippen molar-refractivity contribution in [2.45, 2.75) is 44.9 Å². The minimum Gasteiger partial charge on any atom is -0.496 e. The van der Waals surface area contributed by atoms with Crippen molar-refractivity contribution in [3.8, 4) is 5.75 Å². The van der Waals surface area contributed by atoms with Gasteiger partial charge in [0.25, 0.3) is 0 Å². The molecular formula is C18H24N2O3. The molecule has 2 heterocycles. The molecule has 1 fully saturated rings. The first-order valence-corrected chi connectivity index (χ1v) is 8.04. The molecule has 1 aliphatic heterocycles. The Hall–Kier alpha value is -2.01. The number of carbonyl (C=O) groups excluding carboxylic acids is 1. The zero-order valence-corrected chi connectivity index (χ0v) is 14.0. The molecule has 23 heavy (non-hydrogen) atoms. The van der Waals surface area contributed by atoms with Crippen molar-refractivity contribution in [3.63, 3.8) is 0 Å². The predicted octanol–water partition coefficient (Wildman–Crippen LogP) is 2.72. The topological polar surface area (TPSA) is 52.5 Å². The summed E-state index contributed by atoms with van der Waals surface area (Å²) >= 11 is 0. The Balaban J connectivity index is 1.69. The summed E-state index contributed by atoms with van der Waals surface area (Å²) < 4.78 is 13.0. The number of hydrogen-bond acceptors (Lipinski definition) is 3. The number of nitrogens with zero attached hydrogens (tertiary/aromatic N) is 1. The van der Waals surface area contributed by atoms with Gasteiger partial charge < -0.3 is 19.4 Å². The number of fused-ring (bicyclic) bond motifs is 1. The van der Waals surface area contributed by atoms with E-state index >= 15 is 0 Å². The smallest absolute Gasteiger partial charge is 0.240 e. The van der Waals surface area contributed by atoms with Gasteiger partial charge in [-0.1, -0.05) is 6.07 Å². The first-order valence-electron chi connectivity index (χ1n) is 8.04. The van der Waals surface area contributed by atoms with E-state index in [-0.39, 0.29) is 17.6 Å². The van der Waals surface area contributed by atoms with Gasteiger partial charge in [0, 0.05) is 24.2 Å². The maximum atomic E-state index is 12.4. The number of carbonyl (C=O) groups is 1. The second-order valence-electron chi connectivity index (χ2n) is 6.70. The average Bonchev–Trinajstić information content (AvgIpc) is 2.89. The van der Waals surface area contributed by atoms with E-state index in [1.165, 1.54) is 0 Å². The minimum absolute atomic E-state index is 0.0352. The Morgan fingerprint density at radius 1 is 1.43 bits per heavy atom. The molecule has 5 heteroatoms. The molecule has 1 amide bonds. The van der Waals surface area contributed by atoms with E-state index in [1.54, 1.807) is 7.11 Å². The van der Waals surface area contributed by atoms with Crippen molar-refractivity contribution in [1.29, 1.82) is 0 Å². The average molecular weight is 316 g/mol. The number of aromatic nitrogens is 1. The molecule has 124 valence electrons. The van der Waals surface area contributed by atoms with Crippen LogP contribution in [0.2, 0.25) is 0 Å². The van der Waals surface area contributed by atoms with E-state index in [4.69, 9.17) is 9.47 Å². The van der Waals surface area contributed by atoms with Crippen LogP contribution in [0.4, 0.5) is 0 Å². The highest BCUT2D eigenvalue weighted by Gasteiger charge is 2.29. The third kappa shape index (κ3) is 3.50. The largest absolute Gasteiger partial charge is 0.496 e. The molecular weight excluding hydrogens is 292 g/mol. The molecule has 5 nitrogen and oxygen atoms in total. The molecule has 1 aromatic carbocycles. The summed E-state index contributed by atoms with van der Waals surface area (Å²) in [4.78, 5) is 12.4. The Labute approximate surface area is 136 Å². The number of benzene rings is 1. The lowest BCUT2D eigenvalue weighted by molar-refractivity contribution is -0.124. The van der Waals surface area contributed by atoms with Crippen molar-refractivity contribution in [2.24, 2.45) is 0 Å². The van der Waals surface area contributed by atoms with Gasteiger partial charge in [-0.05, 0) is 44.9 Å². The predicted molar refractivity (Wildman–Crippen MR) is 89.7 cm³/mol. The van der Waals surface area contributed by atoms with E-state index < -0.39 is 0 Å². The van der Waals surface area contributed by atoms with Crippen LogP contribution in [0.5, 0.6) is 5.75 Å². The summed E-state index contributed by atoms with van der Waals surface area (Å²) in [5, 5.41) is 4.16. The lowest BCUT2D eigenvalue weighted by Gasteiger charge is -2.35. The second kappa shape index (κ2) is 6.24. The second-order valence-corrected chi connectivity index (χ2v) is 6.70. The Bertz CT molecular complexity index is 705. The molecule has 1 atom stereocenters. The van der Waals surface area contributed by atoms with Gasteiger partial charge in [-0.15, -0.1) is 0 Å². The number of hydrogen-bond donors (Lipinski definition) is 1. The maximum Gasteiger partial charge on any atom is 0.240 e. The van der Waals surface area contributed by atoms with Crippen molar-refractivity contribution < 1.29 is 14.3 Å². The van der Waals surface area contributed by atoms with Crippen molar-refractivity contribution >= 4 is 16.8 Å². The lowest BCUT2D eigenvalue weighted by Crippen LogP contribution is -2.46. The first kappa shape index (κ1) is 15.9. The van der Waals surface area contributed by atoms with E-state index in [1.807, 2.05) is 35.0 Å². The molecule has 1 N–H and O–H groups in total. The number of rotatable bonds is 4. The Kier molecular flexibility index (Phi) is 4.31. The molecule has 2 aromatic rings. The Morgan fingerprint density at radius 2 is 2.26 bits per heavy atom. The molecule has 1 unspecified atom stereocenters. The lowest BCUT2D eigenvalue weighted by atomic mass is 9.94. The van der Waals surface area contributed by atoms with Crippen LogP contribution in [0.15, 0.2) is 30.5 Å². The van der Waals surface area contributed by atoms with E-state index in [9.17, 15) is 4.79 Å². The number of ether oxygens (including phenoxy) is 2. The first-order chi connectivity index (χ1) is 11.0. The summed E-state index contributed by atoms with van der Waals surface area (Å²) in [6, 6.07) is 8.04. The van der Waals surface area contributed by atoms with Crippen molar-refractivity contribution in [2.75, 3.05) is 13.7 Å². The maximum absolute atomic E-state index is 12.4. The number of nitrogens with one attached hydrogen (secondary N) is 1. The van der Waals surface area contributed by atoms with Gasteiger partial charge in [-0.2, -0.15) is 0 Å². The summed E-state index contributed by atoms with van der Waals surface area (Å²) in [5.41, 5.74) is 0.843. The monoisotopic (exact) mass is 316 g/mol.